The third-order valence-electron chi connectivity index (χ3n) is 5.89. The molecule has 182 valence electrons. The van der Waals surface area contributed by atoms with Crippen LogP contribution in [0.2, 0.25) is 0 Å². The maximum Gasteiger partial charge on any atom is 0.242 e. The number of hydrogen-bond acceptors (Lipinski definition) is 7. The number of amides is 1. The number of aromatic nitrogens is 4. The van der Waals surface area contributed by atoms with Gasteiger partial charge in [-0.2, -0.15) is 0 Å². The fourth-order valence-corrected chi connectivity index (χ4v) is 6.09. The van der Waals surface area contributed by atoms with Crippen LogP contribution in [0.1, 0.15) is 0 Å². The molecule has 5 aromatic rings. The summed E-state index contributed by atoms with van der Waals surface area (Å²) in [5.41, 5.74) is 3.38. The molecule has 0 bridgehead atoms. The van der Waals surface area contributed by atoms with Crippen molar-refractivity contribution in [3.8, 4) is 22.8 Å². The monoisotopic (exact) mass is 523 g/mol. The number of pyridine rings is 1. The maximum atomic E-state index is 13.7. The predicted molar refractivity (Wildman–Crippen MR) is 146 cm³/mol. The van der Waals surface area contributed by atoms with Crippen molar-refractivity contribution < 1.29 is 9.53 Å². The Labute approximate surface area is 222 Å². The minimum Gasteiger partial charge on any atom is -0.495 e. The molecular weight excluding hydrogens is 502 g/mol. The molecule has 9 heteroatoms. The van der Waals surface area contributed by atoms with E-state index in [4.69, 9.17) is 4.74 Å². The van der Waals surface area contributed by atoms with Crippen LogP contribution in [0, 0.1) is 0 Å². The van der Waals surface area contributed by atoms with Gasteiger partial charge in [0.15, 0.2) is 11.0 Å². The third kappa shape index (κ3) is 4.36. The highest BCUT2D eigenvalue weighted by molar-refractivity contribution is 8.00. The highest BCUT2D eigenvalue weighted by Crippen LogP contribution is 2.48. The molecule has 1 amide bonds. The SMILES string of the molecule is COc1ccccc1-n1c(SCC(=O)N2c3ccccc3Sc3ccccc32)nnc1-c1cccnc1. The molecule has 0 saturated carbocycles. The summed E-state index contributed by atoms with van der Waals surface area (Å²) >= 11 is 3.02. The van der Waals surface area contributed by atoms with E-state index in [-0.39, 0.29) is 11.7 Å². The van der Waals surface area contributed by atoms with Crippen LogP contribution in [-0.2, 0) is 4.79 Å². The summed E-state index contributed by atoms with van der Waals surface area (Å²) in [6.07, 6.45) is 3.46. The number of benzene rings is 3. The highest BCUT2D eigenvalue weighted by atomic mass is 32.2. The summed E-state index contributed by atoms with van der Waals surface area (Å²) in [4.78, 5) is 21.9. The number of carbonyl (C=O) groups is 1. The molecule has 3 heterocycles. The van der Waals surface area contributed by atoms with Gasteiger partial charge in [0.05, 0.1) is 29.9 Å². The topological polar surface area (TPSA) is 73.1 Å². The molecule has 1 aliphatic rings. The summed E-state index contributed by atoms with van der Waals surface area (Å²) in [6, 6.07) is 27.4. The first-order valence-corrected chi connectivity index (χ1v) is 13.4. The van der Waals surface area contributed by atoms with E-state index < -0.39 is 0 Å². The Morgan fingerprint density at radius 3 is 2.22 bits per heavy atom. The van der Waals surface area contributed by atoms with E-state index in [9.17, 15) is 4.79 Å². The van der Waals surface area contributed by atoms with E-state index >= 15 is 0 Å². The van der Waals surface area contributed by atoms with Gasteiger partial charge in [-0.05, 0) is 48.5 Å². The molecule has 7 nitrogen and oxygen atoms in total. The lowest BCUT2D eigenvalue weighted by molar-refractivity contribution is -0.115. The van der Waals surface area contributed by atoms with Crippen LogP contribution in [0.4, 0.5) is 11.4 Å². The van der Waals surface area contributed by atoms with E-state index in [1.54, 1.807) is 36.2 Å². The molecule has 0 unspecified atom stereocenters. The number of fused-ring (bicyclic) bond motifs is 2. The van der Waals surface area contributed by atoms with Crippen molar-refractivity contribution in [3.63, 3.8) is 0 Å². The van der Waals surface area contributed by atoms with Crippen molar-refractivity contribution in [1.82, 2.24) is 19.7 Å². The molecule has 0 N–H and O–H groups in total. The third-order valence-corrected chi connectivity index (χ3v) is 7.93. The number of anilines is 2. The lowest BCUT2D eigenvalue weighted by Gasteiger charge is -2.30. The van der Waals surface area contributed by atoms with Gasteiger partial charge in [-0.3, -0.25) is 19.2 Å². The molecule has 0 atom stereocenters. The smallest absolute Gasteiger partial charge is 0.242 e. The highest BCUT2D eigenvalue weighted by Gasteiger charge is 2.28. The Kier molecular flexibility index (Phi) is 6.38. The molecular formula is C28H21N5O2S2. The number of nitrogens with zero attached hydrogens (tertiary/aromatic N) is 5. The lowest BCUT2D eigenvalue weighted by Crippen LogP contribution is -2.30. The van der Waals surface area contributed by atoms with Crippen molar-refractivity contribution in [2.45, 2.75) is 14.9 Å². The average Bonchev–Trinajstić information content (AvgIpc) is 3.38. The number of thioether (sulfide) groups is 1. The summed E-state index contributed by atoms with van der Waals surface area (Å²) in [5, 5.41) is 9.52. The van der Waals surface area contributed by atoms with Gasteiger partial charge >= 0.3 is 0 Å². The zero-order chi connectivity index (χ0) is 25.2. The van der Waals surface area contributed by atoms with E-state index in [0.717, 1.165) is 32.4 Å². The first-order valence-electron chi connectivity index (χ1n) is 11.6. The molecule has 0 fully saturated rings. The molecule has 6 rings (SSSR count). The molecule has 2 aromatic heterocycles. The molecule has 3 aromatic carbocycles. The Balaban J connectivity index is 1.37. The van der Waals surface area contributed by atoms with Crippen molar-refractivity contribution in [1.29, 1.82) is 0 Å². The van der Waals surface area contributed by atoms with Crippen LogP contribution in [0.5, 0.6) is 5.75 Å². The average molecular weight is 524 g/mol. The zero-order valence-corrected chi connectivity index (χ0v) is 21.4. The van der Waals surface area contributed by atoms with E-state index in [1.807, 2.05) is 89.5 Å². The van der Waals surface area contributed by atoms with Crippen LogP contribution in [0.25, 0.3) is 17.1 Å². The maximum absolute atomic E-state index is 13.7. The van der Waals surface area contributed by atoms with Gasteiger partial charge in [-0.1, -0.05) is 59.9 Å². The van der Waals surface area contributed by atoms with Crippen molar-refractivity contribution in [3.05, 3.63) is 97.3 Å². The fourth-order valence-electron chi connectivity index (χ4n) is 4.24. The molecule has 37 heavy (non-hydrogen) atoms. The van der Waals surface area contributed by atoms with Gasteiger partial charge in [0, 0.05) is 27.7 Å². The number of ether oxygens (including phenoxy) is 1. The standard InChI is InChI=1S/C28H21N5O2S2/c1-35-23-13-5-2-10-20(23)33-27(19-9-8-16-29-17-19)30-31-28(33)36-18-26(34)32-21-11-3-6-14-24(21)37-25-15-7-4-12-22(25)32/h2-17H,18H2,1H3. The number of hydrogen-bond donors (Lipinski definition) is 0. The molecule has 1 aliphatic heterocycles. The Bertz CT molecular complexity index is 1540. The van der Waals surface area contributed by atoms with Crippen LogP contribution in [0.3, 0.4) is 0 Å². The Morgan fingerprint density at radius 2 is 1.54 bits per heavy atom. The summed E-state index contributed by atoms with van der Waals surface area (Å²) in [7, 11) is 1.63. The minimum absolute atomic E-state index is 0.0392. The minimum atomic E-state index is -0.0392. The van der Waals surface area contributed by atoms with Crippen molar-refractivity contribution in [2.75, 3.05) is 17.8 Å². The quantitative estimate of drug-likeness (QED) is 0.243. The normalized spacial score (nSPS) is 12.1. The van der Waals surface area contributed by atoms with Crippen LogP contribution in [0.15, 0.2) is 112 Å². The van der Waals surface area contributed by atoms with Crippen LogP contribution >= 0.6 is 23.5 Å². The number of rotatable bonds is 6. The molecule has 0 radical (unpaired) electrons. The van der Waals surface area contributed by atoms with Gasteiger partial charge in [0.2, 0.25) is 5.91 Å². The second-order valence-electron chi connectivity index (χ2n) is 8.11. The van der Waals surface area contributed by atoms with Crippen LogP contribution < -0.4 is 9.64 Å². The predicted octanol–water partition coefficient (Wildman–Crippen LogP) is 6.26. The molecule has 0 spiro atoms. The Hall–Kier alpha value is -4.08. The van der Waals surface area contributed by atoms with Crippen LogP contribution in [-0.4, -0.2) is 38.5 Å². The lowest BCUT2D eigenvalue weighted by atomic mass is 10.2. The molecule has 0 aliphatic carbocycles. The van der Waals surface area contributed by atoms with E-state index in [2.05, 4.69) is 15.2 Å². The van der Waals surface area contributed by atoms with E-state index in [1.165, 1.54) is 11.8 Å². The first-order chi connectivity index (χ1) is 18.2. The largest absolute Gasteiger partial charge is 0.495 e. The van der Waals surface area contributed by atoms with E-state index in [0.29, 0.717) is 16.7 Å². The summed E-state index contributed by atoms with van der Waals surface area (Å²) in [5.74, 6) is 1.44. The van der Waals surface area contributed by atoms with Gasteiger partial charge in [-0.25, -0.2) is 0 Å². The van der Waals surface area contributed by atoms with Gasteiger partial charge in [0.25, 0.3) is 0 Å². The summed E-state index contributed by atoms with van der Waals surface area (Å²) < 4.78 is 7.55. The fraction of sp³-hybridized carbons (Fsp3) is 0.0714. The zero-order valence-electron chi connectivity index (χ0n) is 19.8. The van der Waals surface area contributed by atoms with Crippen molar-refractivity contribution in [2.24, 2.45) is 0 Å². The first kappa shape index (κ1) is 23.3. The van der Waals surface area contributed by atoms with Gasteiger partial charge in [-0.15, -0.1) is 10.2 Å². The molecule has 0 saturated heterocycles. The second-order valence-corrected chi connectivity index (χ2v) is 10.1. The second kappa shape index (κ2) is 10.1. The van der Waals surface area contributed by atoms with Gasteiger partial charge < -0.3 is 4.74 Å². The number of methoxy groups -OCH3 is 1. The summed E-state index contributed by atoms with van der Waals surface area (Å²) in [6.45, 7) is 0. The number of carbonyl (C=O) groups excluding carboxylic acids is 1. The van der Waals surface area contributed by atoms with Gasteiger partial charge in [0.1, 0.15) is 5.75 Å². The Morgan fingerprint density at radius 1 is 0.865 bits per heavy atom. The van der Waals surface area contributed by atoms with Crippen molar-refractivity contribution >= 4 is 40.8 Å². The number of para-hydroxylation sites is 4.